The molecule has 0 amide bonds. The van der Waals surface area contributed by atoms with E-state index in [1.807, 2.05) is 18.5 Å². The third kappa shape index (κ3) is 2.13. The Labute approximate surface area is 127 Å². The lowest BCUT2D eigenvalue weighted by Gasteiger charge is -2.65. The standard InChI is InChI=1S/C18H27N3/c1-4-6-21-7-5-19-15(21)20-18-10-14-8-16(2,12-18)11-17(3,9-14)13-18/h4-5,7,14H,1,6,8-13H2,2-3H3,(H,19,20). The van der Waals surface area contributed by atoms with Gasteiger partial charge in [0.1, 0.15) is 0 Å². The Morgan fingerprint density at radius 1 is 1.29 bits per heavy atom. The normalized spacial score (nSPS) is 44.0. The molecule has 0 aliphatic heterocycles. The number of nitrogens with one attached hydrogen (secondary N) is 1. The first-order valence-electron chi connectivity index (χ1n) is 8.34. The Hall–Kier alpha value is -1.25. The van der Waals surface area contributed by atoms with Gasteiger partial charge in [-0.2, -0.15) is 0 Å². The molecule has 4 saturated carbocycles. The monoisotopic (exact) mass is 285 g/mol. The Balaban J connectivity index is 1.65. The maximum atomic E-state index is 4.56. The second kappa shape index (κ2) is 4.15. The van der Waals surface area contributed by atoms with Crippen LogP contribution in [0.1, 0.15) is 52.4 Å². The summed E-state index contributed by atoms with van der Waals surface area (Å²) in [7, 11) is 0. The molecule has 21 heavy (non-hydrogen) atoms. The zero-order valence-electron chi connectivity index (χ0n) is 13.4. The molecule has 4 fully saturated rings. The fourth-order valence-electron chi connectivity index (χ4n) is 6.54. The number of imidazole rings is 1. The van der Waals surface area contributed by atoms with Crippen LogP contribution in [0.3, 0.4) is 0 Å². The lowest BCUT2D eigenvalue weighted by Crippen LogP contribution is -2.61. The van der Waals surface area contributed by atoms with Gasteiger partial charge in [-0.05, 0) is 55.3 Å². The van der Waals surface area contributed by atoms with E-state index in [2.05, 4.69) is 35.3 Å². The minimum Gasteiger partial charge on any atom is -0.350 e. The Morgan fingerprint density at radius 2 is 2.00 bits per heavy atom. The predicted octanol–water partition coefficient (Wildman–Crippen LogP) is 4.23. The summed E-state index contributed by atoms with van der Waals surface area (Å²) in [5.41, 5.74) is 1.35. The van der Waals surface area contributed by atoms with Crippen LogP contribution in [0.15, 0.2) is 25.0 Å². The van der Waals surface area contributed by atoms with Gasteiger partial charge in [0.05, 0.1) is 0 Å². The van der Waals surface area contributed by atoms with Crippen molar-refractivity contribution < 1.29 is 0 Å². The van der Waals surface area contributed by atoms with Crippen LogP contribution < -0.4 is 5.32 Å². The molecule has 3 nitrogen and oxygen atoms in total. The maximum absolute atomic E-state index is 4.56. The molecular weight excluding hydrogens is 258 g/mol. The quantitative estimate of drug-likeness (QED) is 0.839. The molecular formula is C18H27N3. The molecule has 1 aromatic heterocycles. The summed E-state index contributed by atoms with van der Waals surface area (Å²) in [6.07, 6.45) is 14.1. The van der Waals surface area contributed by atoms with Crippen LogP contribution in [-0.2, 0) is 6.54 Å². The maximum Gasteiger partial charge on any atom is 0.203 e. The molecule has 2 atom stereocenters. The minimum absolute atomic E-state index is 0.271. The van der Waals surface area contributed by atoms with Gasteiger partial charge in [-0.1, -0.05) is 19.9 Å². The summed E-state index contributed by atoms with van der Waals surface area (Å²) in [4.78, 5) is 4.56. The summed E-state index contributed by atoms with van der Waals surface area (Å²) < 4.78 is 2.18. The SMILES string of the molecule is C=CCn1ccnc1NC12CC3CC(C)(CC(C)(C3)C1)C2. The molecule has 3 heteroatoms. The summed E-state index contributed by atoms with van der Waals surface area (Å²) in [6, 6.07) is 0. The molecule has 4 aliphatic rings. The van der Waals surface area contributed by atoms with Crippen molar-refractivity contribution in [2.75, 3.05) is 5.32 Å². The summed E-state index contributed by atoms with van der Waals surface area (Å²) >= 11 is 0. The van der Waals surface area contributed by atoms with Crippen LogP contribution in [0, 0.1) is 16.7 Å². The molecule has 0 aromatic carbocycles. The predicted molar refractivity (Wildman–Crippen MR) is 86.2 cm³/mol. The van der Waals surface area contributed by atoms with E-state index in [-0.39, 0.29) is 5.54 Å². The van der Waals surface area contributed by atoms with Crippen LogP contribution in [0.5, 0.6) is 0 Å². The summed E-state index contributed by atoms with van der Waals surface area (Å²) in [5.74, 6) is 1.94. The lowest BCUT2D eigenvalue weighted by atomic mass is 9.43. The Bertz CT molecular complexity index is 555. The first kappa shape index (κ1) is 13.4. The van der Waals surface area contributed by atoms with Crippen molar-refractivity contribution in [2.24, 2.45) is 16.7 Å². The Morgan fingerprint density at radius 3 is 2.62 bits per heavy atom. The van der Waals surface area contributed by atoms with Crippen molar-refractivity contribution in [1.29, 1.82) is 0 Å². The van der Waals surface area contributed by atoms with Crippen LogP contribution in [0.25, 0.3) is 0 Å². The van der Waals surface area contributed by atoms with E-state index in [1.54, 1.807) is 0 Å². The molecule has 0 saturated heterocycles. The van der Waals surface area contributed by atoms with Gasteiger partial charge in [0.25, 0.3) is 0 Å². The smallest absolute Gasteiger partial charge is 0.203 e. The first-order chi connectivity index (χ1) is 9.93. The van der Waals surface area contributed by atoms with Crippen LogP contribution in [0.2, 0.25) is 0 Å². The van der Waals surface area contributed by atoms with Crippen molar-refractivity contribution in [1.82, 2.24) is 9.55 Å². The topological polar surface area (TPSA) is 29.9 Å². The van der Waals surface area contributed by atoms with Gasteiger partial charge < -0.3 is 9.88 Å². The minimum atomic E-state index is 0.271. The van der Waals surface area contributed by atoms with Gasteiger partial charge >= 0.3 is 0 Å². The summed E-state index contributed by atoms with van der Waals surface area (Å²) in [6.45, 7) is 9.71. The molecule has 4 bridgehead atoms. The number of hydrogen-bond donors (Lipinski definition) is 1. The van der Waals surface area contributed by atoms with E-state index in [9.17, 15) is 0 Å². The number of anilines is 1. The number of hydrogen-bond acceptors (Lipinski definition) is 2. The van der Waals surface area contributed by atoms with E-state index in [0.29, 0.717) is 10.8 Å². The van der Waals surface area contributed by atoms with Crippen molar-refractivity contribution >= 4 is 5.95 Å². The highest BCUT2D eigenvalue weighted by Gasteiger charge is 2.60. The van der Waals surface area contributed by atoms with Gasteiger partial charge in [0.2, 0.25) is 5.95 Å². The van der Waals surface area contributed by atoms with Crippen molar-refractivity contribution in [3.8, 4) is 0 Å². The van der Waals surface area contributed by atoms with Crippen LogP contribution in [-0.4, -0.2) is 15.1 Å². The highest BCUT2D eigenvalue weighted by atomic mass is 15.2. The van der Waals surface area contributed by atoms with E-state index in [4.69, 9.17) is 0 Å². The molecule has 2 unspecified atom stereocenters. The average molecular weight is 285 g/mol. The van der Waals surface area contributed by atoms with E-state index in [0.717, 1.165) is 18.4 Å². The van der Waals surface area contributed by atoms with Crippen molar-refractivity contribution in [3.05, 3.63) is 25.0 Å². The zero-order chi connectivity index (χ0) is 14.7. The number of allylic oxidation sites excluding steroid dienone is 1. The Kier molecular flexibility index (Phi) is 2.65. The van der Waals surface area contributed by atoms with Crippen LogP contribution >= 0.6 is 0 Å². The van der Waals surface area contributed by atoms with Gasteiger partial charge in [-0.3, -0.25) is 0 Å². The fourth-order valence-corrected chi connectivity index (χ4v) is 6.54. The second-order valence-corrected chi connectivity index (χ2v) is 8.73. The molecule has 1 N–H and O–H groups in total. The molecule has 1 heterocycles. The molecule has 1 aromatic rings. The van der Waals surface area contributed by atoms with E-state index in [1.165, 1.54) is 38.5 Å². The number of rotatable bonds is 4. The van der Waals surface area contributed by atoms with E-state index < -0.39 is 0 Å². The third-order valence-electron chi connectivity index (χ3n) is 6.04. The molecule has 5 rings (SSSR count). The third-order valence-corrected chi connectivity index (χ3v) is 6.04. The largest absolute Gasteiger partial charge is 0.350 e. The highest BCUT2D eigenvalue weighted by Crippen LogP contribution is 2.66. The van der Waals surface area contributed by atoms with Gasteiger partial charge in [-0.25, -0.2) is 4.98 Å². The lowest BCUT2D eigenvalue weighted by molar-refractivity contribution is -0.0975. The first-order valence-corrected chi connectivity index (χ1v) is 8.34. The van der Waals surface area contributed by atoms with Gasteiger partial charge in [0.15, 0.2) is 0 Å². The fraction of sp³-hybridized carbons (Fsp3) is 0.722. The van der Waals surface area contributed by atoms with Crippen LogP contribution in [0.4, 0.5) is 5.95 Å². The zero-order valence-corrected chi connectivity index (χ0v) is 13.4. The van der Waals surface area contributed by atoms with Gasteiger partial charge in [0, 0.05) is 24.5 Å². The van der Waals surface area contributed by atoms with Crippen molar-refractivity contribution in [3.63, 3.8) is 0 Å². The molecule has 0 radical (unpaired) electrons. The van der Waals surface area contributed by atoms with Gasteiger partial charge in [-0.15, -0.1) is 6.58 Å². The van der Waals surface area contributed by atoms with Crippen molar-refractivity contribution in [2.45, 2.75) is 64.5 Å². The second-order valence-electron chi connectivity index (χ2n) is 8.73. The number of nitrogens with zero attached hydrogens (tertiary/aromatic N) is 2. The highest BCUT2D eigenvalue weighted by molar-refractivity contribution is 5.35. The van der Waals surface area contributed by atoms with E-state index >= 15 is 0 Å². The summed E-state index contributed by atoms with van der Waals surface area (Å²) in [5, 5.41) is 3.87. The average Bonchev–Trinajstić information content (AvgIpc) is 2.71. The number of aromatic nitrogens is 2. The molecule has 0 spiro atoms. The molecule has 114 valence electrons. The molecule has 4 aliphatic carbocycles.